The SMILES string of the molecule is CN=C(NCC(c1cnn(C)c1)N(C)C)N1CCC(CSc2ccccc2)C1. The number of hydrogen-bond donors (Lipinski definition) is 1. The van der Waals surface area contributed by atoms with E-state index >= 15 is 0 Å². The summed E-state index contributed by atoms with van der Waals surface area (Å²) in [6.45, 7) is 2.95. The minimum absolute atomic E-state index is 0.262. The van der Waals surface area contributed by atoms with E-state index in [2.05, 4.69) is 75.8 Å². The number of hydrogen-bond acceptors (Lipinski definition) is 4. The van der Waals surface area contributed by atoms with Crippen LogP contribution >= 0.6 is 11.8 Å². The monoisotopic (exact) mass is 400 g/mol. The number of rotatable bonds is 7. The van der Waals surface area contributed by atoms with Gasteiger partial charge in [-0.25, -0.2) is 0 Å². The lowest BCUT2D eigenvalue weighted by Crippen LogP contribution is -2.43. The smallest absolute Gasteiger partial charge is 0.193 e. The van der Waals surface area contributed by atoms with E-state index in [0.717, 1.165) is 31.3 Å². The highest BCUT2D eigenvalue weighted by atomic mass is 32.2. The molecule has 1 aliphatic rings. The molecule has 1 saturated heterocycles. The zero-order valence-corrected chi connectivity index (χ0v) is 18.2. The van der Waals surface area contributed by atoms with Gasteiger partial charge in [-0.3, -0.25) is 9.67 Å². The number of aryl methyl sites for hydroxylation is 1. The fraction of sp³-hybridized carbons (Fsp3) is 0.524. The molecule has 1 aromatic carbocycles. The minimum Gasteiger partial charge on any atom is -0.354 e. The highest BCUT2D eigenvalue weighted by Gasteiger charge is 2.26. The van der Waals surface area contributed by atoms with Gasteiger partial charge in [0.15, 0.2) is 5.96 Å². The maximum absolute atomic E-state index is 4.54. The average Bonchev–Trinajstić information content (AvgIpc) is 3.33. The number of aromatic nitrogens is 2. The second-order valence-corrected chi connectivity index (χ2v) is 8.67. The van der Waals surface area contributed by atoms with Crippen LogP contribution in [0.25, 0.3) is 0 Å². The Morgan fingerprint density at radius 1 is 1.36 bits per heavy atom. The highest BCUT2D eigenvalue weighted by Crippen LogP contribution is 2.26. The van der Waals surface area contributed by atoms with Crippen LogP contribution in [-0.4, -0.2) is 72.1 Å². The number of thioether (sulfide) groups is 1. The Hall–Kier alpha value is -1.99. The Labute approximate surface area is 173 Å². The van der Waals surface area contributed by atoms with Crippen LogP contribution in [0.2, 0.25) is 0 Å². The fourth-order valence-electron chi connectivity index (χ4n) is 3.62. The molecule has 7 heteroatoms. The zero-order chi connectivity index (χ0) is 19.9. The molecule has 6 nitrogen and oxygen atoms in total. The molecule has 1 fully saturated rings. The standard InChI is InChI=1S/C21H32N6S/c1-22-21(23-13-20(25(2)3)18-12-24-26(4)15-18)27-11-10-17(14-27)16-28-19-8-6-5-7-9-19/h5-9,12,15,17,20H,10-11,13-14,16H2,1-4H3,(H,22,23). The lowest BCUT2D eigenvalue weighted by atomic mass is 10.1. The number of guanidine groups is 1. The Kier molecular flexibility index (Phi) is 7.39. The maximum Gasteiger partial charge on any atom is 0.193 e. The summed E-state index contributed by atoms with van der Waals surface area (Å²) in [6.07, 6.45) is 5.25. The van der Waals surface area contributed by atoms with Crippen LogP contribution < -0.4 is 5.32 Å². The molecule has 0 spiro atoms. The molecule has 152 valence electrons. The number of nitrogens with zero attached hydrogens (tertiary/aromatic N) is 5. The first-order valence-electron chi connectivity index (χ1n) is 9.85. The summed E-state index contributed by atoms with van der Waals surface area (Å²) in [5.41, 5.74) is 1.22. The van der Waals surface area contributed by atoms with Gasteiger partial charge in [0.1, 0.15) is 0 Å². The van der Waals surface area contributed by atoms with Crippen molar-refractivity contribution in [3.63, 3.8) is 0 Å². The molecule has 0 amide bonds. The van der Waals surface area contributed by atoms with Crippen LogP contribution in [0, 0.1) is 5.92 Å². The molecule has 3 rings (SSSR count). The molecule has 0 saturated carbocycles. The summed E-state index contributed by atoms with van der Waals surface area (Å²) < 4.78 is 1.86. The topological polar surface area (TPSA) is 48.7 Å². The van der Waals surface area contributed by atoms with Crippen molar-refractivity contribution in [3.05, 3.63) is 48.3 Å². The van der Waals surface area contributed by atoms with E-state index in [1.807, 2.05) is 36.7 Å². The first-order valence-corrected chi connectivity index (χ1v) is 10.8. The third-order valence-corrected chi connectivity index (χ3v) is 6.46. The normalized spacial score (nSPS) is 18.7. The van der Waals surface area contributed by atoms with Gasteiger partial charge in [-0.15, -0.1) is 11.8 Å². The number of benzene rings is 1. The Balaban J connectivity index is 1.51. The number of aliphatic imine (C=N–C) groups is 1. The van der Waals surface area contributed by atoms with Gasteiger partial charge in [-0.1, -0.05) is 18.2 Å². The maximum atomic E-state index is 4.54. The molecular weight excluding hydrogens is 368 g/mol. The first-order chi connectivity index (χ1) is 13.6. The predicted molar refractivity (Wildman–Crippen MR) is 118 cm³/mol. The third-order valence-electron chi connectivity index (χ3n) is 5.21. The van der Waals surface area contributed by atoms with Crippen molar-refractivity contribution >= 4 is 17.7 Å². The van der Waals surface area contributed by atoms with Crippen LogP contribution in [0.3, 0.4) is 0 Å². The van der Waals surface area contributed by atoms with Gasteiger partial charge in [-0.2, -0.15) is 5.10 Å². The molecule has 1 aliphatic heterocycles. The van der Waals surface area contributed by atoms with Gasteiger partial charge in [-0.05, 0) is 38.6 Å². The van der Waals surface area contributed by atoms with Crippen LogP contribution in [0.4, 0.5) is 0 Å². The van der Waals surface area contributed by atoms with Crippen LogP contribution in [0.1, 0.15) is 18.0 Å². The van der Waals surface area contributed by atoms with Gasteiger partial charge in [0, 0.05) is 56.1 Å². The van der Waals surface area contributed by atoms with E-state index in [0.29, 0.717) is 5.92 Å². The largest absolute Gasteiger partial charge is 0.354 e. The highest BCUT2D eigenvalue weighted by molar-refractivity contribution is 7.99. The summed E-state index contributed by atoms with van der Waals surface area (Å²) in [5, 5.41) is 7.90. The molecule has 0 radical (unpaired) electrons. The van der Waals surface area contributed by atoms with Crippen molar-refractivity contribution < 1.29 is 0 Å². The lowest BCUT2D eigenvalue weighted by Gasteiger charge is -2.27. The summed E-state index contributed by atoms with van der Waals surface area (Å²) in [5.74, 6) is 2.86. The van der Waals surface area contributed by atoms with Crippen molar-refractivity contribution in [2.45, 2.75) is 17.4 Å². The molecule has 1 N–H and O–H groups in total. The Morgan fingerprint density at radius 3 is 2.79 bits per heavy atom. The molecule has 0 aliphatic carbocycles. The fourth-order valence-corrected chi connectivity index (χ4v) is 4.67. The summed E-state index contributed by atoms with van der Waals surface area (Å²) in [4.78, 5) is 10.5. The lowest BCUT2D eigenvalue weighted by molar-refractivity contribution is 0.295. The van der Waals surface area contributed by atoms with E-state index in [4.69, 9.17) is 0 Å². The van der Waals surface area contributed by atoms with E-state index in [-0.39, 0.29) is 6.04 Å². The first kappa shape index (κ1) is 20.7. The quantitative estimate of drug-likeness (QED) is 0.440. The van der Waals surface area contributed by atoms with E-state index in [1.165, 1.54) is 16.9 Å². The van der Waals surface area contributed by atoms with Crippen molar-refractivity contribution in [3.8, 4) is 0 Å². The molecule has 1 aromatic heterocycles. The minimum atomic E-state index is 0.262. The van der Waals surface area contributed by atoms with Gasteiger partial charge >= 0.3 is 0 Å². The molecule has 2 heterocycles. The molecule has 2 unspecified atom stereocenters. The van der Waals surface area contributed by atoms with Crippen LogP contribution in [0.5, 0.6) is 0 Å². The number of likely N-dealkylation sites (N-methyl/N-ethyl adjacent to an activating group) is 1. The Bertz CT molecular complexity index is 757. The molecule has 28 heavy (non-hydrogen) atoms. The average molecular weight is 401 g/mol. The van der Waals surface area contributed by atoms with Crippen LogP contribution in [0.15, 0.2) is 52.6 Å². The predicted octanol–water partition coefficient (Wildman–Crippen LogP) is 2.71. The summed E-state index contributed by atoms with van der Waals surface area (Å²) >= 11 is 1.96. The molecule has 2 atom stereocenters. The van der Waals surface area contributed by atoms with Gasteiger partial charge < -0.3 is 15.1 Å². The van der Waals surface area contributed by atoms with Gasteiger partial charge in [0.25, 0.3) is 0 Å². The number of likely N-dealkylation sites (tertiary alicyclic amines) is 1. The van der Waals surface area contributed by atoms with Crippen molar-refractivity contribution in [1.29, 1.82) is 0 Å². The summed E-state index contributed by atoms with van der Waals surface area (Å²) in [7, 11) is 8.05. The molecule has 0 bridgehead atoms. The zero-order valence-electron chi connectivity index (χ0n) is 17.4. The van der Waals surface area contributed by atoms with E-state index in [9.17, 15) is 0 Å². The summed E-state index contributed by atoms with van der Waals surface area (Å²) in [6, 6.07) is 10.9. The van der Waals surface area contributed by atoms with Crippen molar-refractivity contribution in [2.24, 2.45) is 18.0 Å². The van der Waals surface area contributed by atoms with Gasteiger partial charge in [0.2, 0.25) is 0 Å². The third kappa shape index (κ3) is 5.52. The van der Waals surface area contributed by atoms with Crippen molar-refractivity contribution in [2.75, 3.05) is 46.5 Å². The van der Waals surface area contributed by atoms with Crippen molar-refractivity contribution in [1.82, 2.24) is 24.9 Å². The molecular formula is C21H32N6S. The second kappa shape index (κ2) is 9.98. The number of nitrogens with one attached hydrogen (secondary N) is 1. The van der Waals surface area contributed by atoms with E-state index in [1.54, 1.807) is 0 Å². The van der Waals surface area contributed by atoms with Gasteiger partial charge in [0.05, 0.1) is 12.2 Å². The van der Waals surface area contributed by atoms with E-state index < -0.39 is 0 Å². The second-order valence-electron chi connectivity index (χ2n) is 7.58. The Morgan fingerprint density at radius 2 is 2.14 bits per heavy atom. The van der Waals surface area contributed by atoms with Crippen LogP contribution in [-0.2, 0) is 7.05 Å². The molecule has 2 aromatic rings.